The normalized spacial score (nSPS) is 20.5. The van der Waals surface area contributed by atoms with Gasteiger partial charge in [-0.3, -0.25) is 4.40 Å². The van der Waals surface area contributed by atoms with Crippen molar-refractivity contribution in [2.24, 2.45) is 5.92 Å². The Labute approximate surface area is 130 Å². The number of piperidine rings is 1. The zero-order chi connectivity index (χ0) is 15.6. The highest BCUT2D eigenvalue weighted by atomic mass is 32.2. The average Bonchev–Trinajstić information content (AvgIpc) is 2.91. The third-order valence-electron chi connectivity index (χ3n) is 3.98. The lowest BCUT2D eigenvalue weighted by molar-refractivity contribution is 0.278. The van der Waals surface area contributed by atoms with Gasteiger partial charge in [0.25, 0.3) is 10.2 Å². The highest BCUT2D eigenvalue weighted by Crippen LogP contribution is 2.17. The first-order valence-corrected chi connectivity index (χ1v) is 9.03. The zero-order valence-corrected chi connectivity index (χ0v) is 13.5. The lowest BCUT2D eigenvalue weighted by Crippen LogP contribution is -2.46. The smallest absolute Gasteiger partial charge is 0.279 e. The van der Waals surface area contributed by atoms with Crippen molar-refractivity contribution in [3.05, 3.63) is 30.2 Å². The van der Waals surface area contributed by atoms with Gasteiger partial charge in [0.15, 0.2) is 5.65 Å². The van der Waals surface area contributed by atoms with Crippen molar-refractivity contribution in [3.8, 4) is 0 Å². The summed E-state index contributed by atoms with van der Waals surface area (Å²) in [6, 6.07) is 5.67. The molecule has 8 heteroatoms. The number of nitrogens with zero attached hydrogens (tertiary/aromatic N) is 4. The molecule has 0 bridgehead atoms. The zero-order valence-electron chi connectivity index (χ0n) is 12.6. The molecule has 3 rings (SSSR count). The van der Waals surface area contributed by atoms with Crippen molar-refractivity contribution < 1.29 is 8.42 Å². The summed E-state index contributed by atoms with van der Waals surface area (Å²) in [5.74, 6) is 1.18. The van der Waals surface area contributed by atoms with Gasteiger partial charge in [0.05, 0.1) is 0 Å². The van der Waals surface area contributed by atoms with Crippen LogP contribution in [-0.2, 0) is 16.6 Å². The van der Waals surface area contributed by atoms with E-state index < -0.39 is 10.2 Å². The van der Waals surface area contributed by atoms with E-state index >= 15 is 0 Å². The molecule has 2 aromatic rings. The summed E-state index contributed by atoms with van der Waals surface area (Å²) in [6.45, 7) is 3.61. The molecular weight excluding hydrogens is 302 g/mol. The van der Waals surface area contributed by atoms with Crippen molar-refractivity contribution >= 4 is 15.9 Å². The van der Waals surface area contributed by atoms with Gasteiger partial charge in [-0.25, -0.2) is 4.72 Å². The Hall–Kier alpha value is -1.51. The molecule has 2 aromatic heterocycles. The molecule has 0 saturated carbocycles. The predicted molar refractivity (Wildman–Crippen MR) is 83.6 cm³/mol. The van der Waals surface area contributed by atoms with Crippen molar-refractivity contribution in [1.82, 2.24) is 23.6 Å². The van der Waals surface area contributed by atoms with Crippen molar-refractivity contribution in [2.45, 2.75) is 26.2 Å². The number of fused-ring (bicyclic) bond motifs is 1. The van der Waals surface area contributed by atoms with Crippen LogP contribution >= 0.6 is 0 Å². The molecule has 0 radical (unpaired) electrons. The van der Waals surface area contributed by atoms with Gasteiger partial charge in [-0.1, -0.05) is 13.0 Å². The Morgan fingerprint density at radius 2 is 2.23 bits per heavy atom. The molecule has 1 N–H and O–H groups in total. The molecule has 0 amide bonds. The summed E-state index contributed by atoms with van der Waals surface area (Å²) in [5.41, 5.74) is 0.769. The fraction of sp³-hybridized carbons (Fsp3) is 0.571. The maximum Gasteiger partial charge on any atom is 0.279 e. The van der Waals surface area contributed by atoms with Gasteiger partial charge < -0.3 is 0 Å². The fourth-order valence-electron chi connectivity index (χ4n) is 2.81. The summed E-state index contributed by atoms with van der Waals surface area (Å²) in [6.07, 6.45) is 4.41. The monoisotopic (exact) mass is 323 g/mol. The molecule has 1 aliphatic rings. The minimum Gasteiger partial charge on any atom is -0.286 e. The molecule has 1 fully saturated rings. The van der Waals surface area contributed by atoms with E-state index in [1.54, 1.807) is 4.31 Å². The highest BCUT2D eigenvalue weighted by Gasteiger charge is 2.26. The summed E-state index contributed by atoms with van der Waals surface area (Å²) in [4.78, 5) is 0. The first-order chi connectivity index (χ1) is 10.6. The van der Waals surface area contributed by atoms with Gasteiger partial charge >= 0.3 is 0 Å². The Kier molecular flexibility index (Phi) is 4.42. The second-order valence-corrected chi connectivity index (χ2v) is 7.56. The fourth-order valence-corrected chi connectivity index (χ4v) is 4.17. The highest BCUT2D eigenvalue weighted by molar-refractivity contribution is 7.87. The number of aromatic nitrogens is 3. The van der Waals surface area contributed by atoms with Gasteiger partial charge in [-0.05, 0) is 30.9 Å². The van der Waals surface area contributed by atoms with E-state index in [2.05, 4.69) is 21.8 Å². The Bertz CT molecular complexity index is 743. The largest absolute Gasteiger partial charge is 0.286 e. The van der Waals surface area contributed by atoms with E-state index in [-0.39, 0.29) is 0 Å². The molecule has 0 aliphatic carbocycles. The predicted octanol–water partition coefficient (Wildman–Crippen LogP) is 0.838. The minimum absolute atomic E-state index is 0.322. The van der Waals surface area contributed by atoms with Gasteiger partial charge in [-0.2, -0.15) is 12.7 Å². The molecule has 22 heavy (non-hydrogen) atoms. The first-order valence-electron chi connectivity index (χ1n) is 7.59. The topological polar surface area (TPSA) is 79.6 Å². The quantitative estimate of drug-likeness (QED) is 0.884. The van der Waals surface area contributed by atoms with Gasteiger partial charge in [0.2, 0.25) is 0 Å². The maximum absolute atomic E-state index is 12.3. The number of hydrogen-bond acceptors (Lipinski definition) is 4. The number of pyridine rings is 1. The van der Waals surface area contributed by atoms with Crippen LogP contribution < -0.4 is 4.72 Å². The molecular formula is C14H21N5O2S. The Morgan fingerprint density at radius 3 is 3.05 bits per heavy atom. The molecule has 1 aliphatic heterocycles. The maximum atomic E-state index is 12.3. The van der Waals surface area contributed by atoms with Gasteiger partial charge in [0, 0.05) is 32.3 Å². The number of nitrogens with one attached hydrogen (secondary N) is 1. The molecule has 0 spiro atoms. The summed E-state index contributed by atoms with van der Waals surface area (Å²) < 4.78 is 30.7. The first kappa shape index (κ1) is 15.4. The standard InChI is InChI=1S/C14H21N5O2S/c1-12-5-4-9-18(11-12)22(20,21)15-8-7-14-17-16-13-6-2-3-10-19(13)14/h2-3,6,10,12,15H,4-5,7-9,11H2,1H3/t12-/m0/s1. The SMILES string of the molecule is C[C@H]1CCCN(S(=O)(=O)NCCc2nnc3ccccn23)C1. The van der Waals surface area contributed by atoms with Crippen molar-refractivity contribution in [3.63, 3.8) is 0 Å². The minimum atomic E-state index is -3.40. The molecule has 3 heterocycles. The van der Waals surface area contributed by atoms with E-state index in [1.807, 2.05) is 28.8 Å². The third kappa shape index (κ3) is 3.29. The molecule has 1 atom stereocenters. The second-order valence-electron chi connectivity index (χ2n) is 5.80. The van der Waals surface area contributed by atoms with E-state index in [0.29, 0.717) is 32.0 Å². The van der Waals surface area contributed by atoms with E-state index in [4.69, 9.17) is 0 Å². The van der Waals surface area contributed by atoms with Gasteiger partial charge in [-0.15, -0.1) is 10.2 Å². The summed E-state index contributed by atoms with van der Waals surface area (Å²) in [7, 11) is -3.40. The summed E-state index contributed by atoms with van der Waals surface area (Å²) in [5, 5.41) is 8.16. The van der Waals surface area contributed by atoms with Crippen molar-refractivity contribution in [1.29, 1.82) is 0 Å². The van der Waals surface area contributed by atoms with E-state index in [0.717, 1.165) is 24.3 Å². The summed E-state index contributed by atoms with van der Waals surface area (Å²) >= 11 is 0. The van der Waals surface area contributed by atoms with Crippen LogP contribution in [-0.4, -0.2) is 47.0 Å². The van der Waals surface area contributed by atoms with Crippen molar-refractivity contribution in [2.75, 3.05) is 19.6 Å². The molecule has 120 valence electrons. The van der Waals surface area contributed by atoms with Crippen LogP contribution in [0.2, 0.25) is 0 Å². The van der Waals surface area contributed by atoms with Crippen LogP contribution in [0.5, 0.6) is 0 Å². The number of hydrogen-bond donors (Lipinski definition) is 1. The lowest BCUT2D eigenvalue weighted by Gasteiger charge is -2.29. The molecule has 0 unspecified atom stereocenters. The molecule has 7 nitrogen and oxygen atoms in total. The van der Waals surface area contributed by atoms with E-state index in [1.165, 1.54) is 0 Å². The van der Waals surface area contributed by atoms with Crippen LogP contribution in [0, 0.1) is 5.92 Å². The van der Waals surface area contributed by atoms with Crippen LogP contribution in [0.1, 0.15) is 25.6 Å². The Morgan fingerprint density at radius 1 is 1.36 bits per heavy atom. The Balaban J connectivity index is 1.60. The van der Waals surface area contributed by atoms with Crippen LogP contribution in [0.3, 0.4) is 0 Å². The molecule has 1 saturated heterocycles. The number of rotatable bonds is 5. The second kappa shape index (κ2) is 6.31. The third-order valence-corrected chi connectivity index (χ3v) is 5.56. The van der Waals surface area contributed by atoms with Gasteiger partial charge in [0.1, 0.15) is 5.82 Å². The van der Waals surface area contributed by atoms with Crippen LogP contribution in [0.15, 0.2) is 24.4 Å². The van der Waals surface area contributed by atoms with E-state index in [9.17, 15) is 8.42 Å². The van der Waals surface area contributed by atoms with Crippen LogP contribution in [0.4, 0.5) is 0 Å². The lowest BCUT2D eigenvalue weighted by atomic mass is 10.0. The van der Waals surface area contributed by atoms with Crippen LogP contribution in [0.25, 0.3) is 5.65 Å². The average molecular weight is 323 g/mol. The molecule has 0 aromatic carbocycles.